The zero-order chi connectivity index (χ0) is 12.1. The van der Waals surface area contributed by atoms with Gasteiger partial charge in [0, 0.05) is 19.1 Å². The lowest BCUT2D eigenvalue weighted by molar-refractivity contribution is 0.0931. The molecule has 1 rings (SSSR count). The summed E-state index contributed by atoms with van der Waals surface area (Å²) in [5.41, 5.74) is 2.70. The van der Waals surface area contributed by atoms with Gasteiger partial charge in [-0.2, -0.15) is 0 Å². The highest BCUT2D eigenvalue weighted by molar-refractivity contribution is 5.99. The SMILES string of the molecule is COCCC(=O)c1c(C)cc(OC)cc1C. The minimum atomic E-state index is 0.125. The minimum Gasteiger partial charge on any atom is -0.497 e. The highest BCUT2D eigenvalue weighted by atomic mass is 16.5. The third-order valence-corrected chi connectivity index (χ3v) is 2.55. The fourth-order valence-corrected chi connectivity index (χ4v) is 1.80. The zero-order valence-corrected chi connectivity index (χ0v) is 10.3. The van der Waals surface area contributed by atoms with Crippen LogP contribution >= 0.6 is 0 Å². The van der Waals surface area contributed by atoms with E-state index in [1.165, 1.54) is 0 Å². The van der Waals surface area contributed by atoms with Crippen LogP contribution in [0, 0.1) is 13.8 Å². The fourth-order valence-electron chi connectivity index (χ4n) is 1.80. The van der Waals surface area contributed by atoms with Crippen molar-refractivity contribution in [1.82, 2.24) is 0 Å². The second-order valence-corrected chi connectivity index (χ2v) is 3.80. The molecule has 0 fully saturated rings. The van der Waals surface area contributed by atoms with Gasteiger partial charge in [0.05, 0.1) is 13.7 Å². The summed E-state index contributed by atoms with van der Waals surface area (Å²) in [6, 6.07) is 3.76. The summed E-state index contributed by atoms with van der Waals surface area (Å²) in [4.78, 5) is 11.9. The average Bonchev–Trinajstić information content (AvgIpc) is 2.25. The van der Waals surface area contributed by atoms with Crippen LogP contribution in [0.5, 0.6) is 5.75 Å². The zero-order valence-electron chi connectivity index (χ0n) is 10.3. The predicted octanol–water partition coefficient (Wildman–Crippen LogP) is 2.53. The van der Waals surface area contributed by atoms with Crippen molar-refractivity contribution in [3.8, 4) is 5.75 Å². The molecule has 16 heavy (non-hydrogen) atoms. The molecular weight excluding hydrogens is 204 g/mol. The Labute approximate surface area is 96.4 Å². The summed E-state index contributed by atoms with van der Waals surface area (Å²) < 4.78 is 10.1. The Morgan fingerprint density at radius 3 is 2.19 bits per heavy atom. The van der Waals surface area contributed by atoms with Crippen LogP contribution in [-0.4, -0.2) is 26.6 Å². The average molecular weight is 222 g/mol. The summed E-state index contributed by atoms with van der Waals surface area (Å²) >= 11 is 0. The summed E-state index contributed by atoms with van der Waals surface area (Å²) in [6.45, 7) is 4.31. The van der Waals surface area contributed by atoms with E-state index in [1.54, 1.807) is 14.2 Å². The van der Waals surface area contributed by atoms with Gasteiger partial charge in [-0.05, 0) is 37.1 Å². The molecule has 0 N–H and O–H groups in total. The lowest BCUT2D eigenvalue weighted by atomic mass is 9.97. The molecule has 0 bridgehead atoms. The normalized spacial score (nSPS) is 10.2. The number of hydrogen-bond donors (Lipinski definition) is 0. The van der Waals surface area contributed by atoms with Gasteiger partial charge in [0.1, 0.15) is 5.75 Å². The maximum atomic E-state index is 11.9. The Morgan fingerprint density at radius 1 is 1.19 bits per heavy atom. The number of carbonyl (C=O) groups excluding carboxylic acids is 1. The Balaban J connectivity index is 3.00. The van der Waals surface area contributed by atoms with Crippen LogP contribution in [-0.2, 0) is 4.74 Å². The van der Waals surface area contributed by atoms with E-state index in [4.69, 9.17) is 9.47 Å². The molecule has 0 radical (unpaired) electrons. The first-order chi connectivity index (χ1) is 7.60. The van der Waals surface area contributed by atoms with Crippen molar-refractivity contribution in [3.63, 3.8) is 0 Å². The number of methoxy groups -OCH3 is 2. The highest BCUT2D eigenvalue weighted by Crippen LogP contribution is 2.22. The van der Waals surface area contributed by atoms with E-state index in [-0.39, 0.29) is 5.78 Å². The van der Waals surface area contributed by atoms with Crippen molar-refractivity contribution in [3.05, 3.63) is 28.8 Å². The molecule has 0 aliphatic heterocycles. The van der Waals surface area contributed by atoms with Crippen LogP contribution < -0.4 is 4.74 Å². The van der Waals surface area contributed by atoms with Gasteiger partial charge in [0.25, 0.3) is 0 Å². The van der Waals surface area contributed by atoms with Crippen molar-refractivity contribution >= 4 is 5.78 Å². The second kappa shape index (κ2) is 5.66. The van der Waals surface area contributed by atoms with Gasteiger partial charge >= 0.3 is 0 Å². The first kappa shape index (κ1) is 12.7. The van der Waals surface area contributed by atoms with Gasteiger partial charge in [-0.15, -0.1) is 0 Å². The van der Waals surface area contributed by atoms with E-state index >= 15 is 0 Å². The number of carbonyl (C=O) groups is 1. The van der Waals surface area contributed by atoms with Gasteiger partial charge in [-0.3, -0.25) is 4.79 Å². The number of ketones is 1. The molecule has 88 valence electrons. The van der Waals surface area contributed by atoms with E-state index in [0.717, 1.165) is 22.4 Å². The lowest BCUT2D eigenvalue weighted by Gasteiger charge is -2.11. The highest BCUT2D eigenvalue weighted by Gasteiger charge is 2.13. The van der Waals surface area contributed by atoms with Crippen LogP contribution in [0.15, 0.2) is 12.1 Å². The molecule has 0 saturated carbocycles. The molecule has 0 saturated heterocycles. The maximum absolute atomic E-state index is 11.9. The molecule has 0 aliphatic carbocycles. The van der Waals surface area contributed by atoms with Crippen LogP contribution in [0.25, 0.3) is 0 Å². The molecule has 1 aromatic rings. The van der Waals surface area contributed by atoms with E-state index in [0.29, 0.717) is 13.0 Å². The molecule has 0 spiro atoms. The molecule has 3 heteroatoms. The number of rotatable bonds is 5. The molecule has 1 aromatic carbocycles. The van der Waals surface area contributed by atoms with Crippen LogP contribution in [0.1, 0.15) is 27.9 Å². The van der Waals surface area contributed by atoms with Gasteiger partial charge in [0.2, 0.25) is 0 Å². The quantitative estimate of drug-likeness (QED) is 0.718. The summed E-state index contributed by atoms with van der Waals surface area (Å²) in [6.07, 6.45) is 0.421. The molecule has 3 nitrogen and oxygen atoms in total. The largest absolute Gasteiger partial charge is 0.497 e. The first-order valence-corrected chi connectivity index (χ1v) is 5.27. The van der Waals surface area contributed by atoms with E-state index in [1.807, 2.05) is 26.0 Å². The van der Waals surface area contributed by atoms with Crippen LogP contribution in [0.2, 0.25) is 0 Å². The van der Waals surface area contributed by atoms with Crippen LogP contribution in [0.3, 0.4) is 0 Å². The third kappa shape index (κ3) is 2.83. The third-order valence-electron chi connectivity index (χ3n) is 2.55. The van der Waals surface area contributed by atoms with E-state index < -0.39 is 0 Å². The molecule has 0 aliphatic rings. The van der Waals surface area contributed by atoms with Gasteiger partial charge in [0.15, 0.2) is 5.78 Å². The second-order valence-electron chi connectivity index (χ2n) is 3.80. The topological polar surface area (TPSA) is 35.5 Å². The fraction of sp³-hybridized carbons (Fsp3) is 0.462. The van der Waals surface area contributed by atoms with Crippen molar-refractivity contribution in [2.24, 2.45) is 0 Å². The van der Waals surface area contributed by atoms with E-state index in [2.05, 4.69) is 0 Å². The molecular formula is C13H18O3. The Morgan fingerprint density at radius 2 is 1.75 bits per heavy atom. The molecule has 0 amide bonds. The summed E-state index contributed by atoms with van der Waals surface area (Å²) in [5, 5.41) is 0. The van der Waals surface area contributed by atoms with Gasteiger partial charge in [-0.1, -0.05) is 0 Å². The molecule has 0 aromatic heterocycles. The number of aryl methyl sites for hydroxylation is 2. The molecule has 0 atom stereocenters. The lowest BCUT2D eigenvalue weighted by Crippen LogP contribution is -2.07. The summed E-state index contributed by atoms with van der Waals surface area (Å²) in [7, 11) is 3.22. The monoisotopic (exact) mass is 222 g/mol. The van der Waals surface area contributed by atoms with Crippen molar-refractivity contribution in [2.75, 3.05) is 20.8 Å². The van der Waals surface area contributed by atoms with Gasteiger partial charge in [-0.25, -0.2) is 0 Å². The molecule has 0 heterocycles. The summed E-state index contributed by atoms with van der Waals surface area (Å²) in [5.74, 6) is 0.915. The molecule has 0 unspecified atom stereocenters. The number of ether oxygens (including phenoxy) is 2. The Kier molecular flexibility index (Phi) is 4.50. The van der Waals surface area contributed by atoms with E-state index in [9.17, 15) is 4.79 Å². The number of Topliss-reactive ketones (excluding diaryl/α,β-unsaturated/α-hetero) is 1. The van der Waals surface area contributed by atoms with Crippen molar-refractivity contribution in [2.45, 2.75) is 20.3 Å². The standard InChI is InChI=1S/C13H18O3/c1-9-7-11(16-4)8-10(2)13(9)12(14)5-6-15-3/h7-8H,5-6H2,1-4H3. The Bertz CT molecular complexity index is 360. The Hall–Kier alpha value is -1.35. The number of hydrogen-bond acceptors (Lipinski definition) is 3. The van der Waals surface area contributed by atoms with Crippen LogP contribution in [0.4, 0.5) is 0 Å². The smallest absolute Gasteiger partial charge is 0.165 e. The maximum Gasteiger partial charge on any atom is 0.165 e. The number of benzene rings is 1. The first-order valence-electron chi connectivity index (χ1n) is 5.27. The predicted molar refractivity (Wildman–Crippen MR) is 63.3 cm³/mol. The van der Waals surface area contributed by atoms with Crippen molar-refractivity contribution in [1.29, 1.82) is 0 Å². The van der Waals surface area contributed by atoms with Gasteiger partial charge < -0.3 is 9.47 Å². The minimum absolute atomic E-state index is 0.125. The van der Waals surface area contributed by atoms with Crippen molar-refractivity contribution < 1.29 is 14.3 Å².